The fraction of sp³-hybridized carbons (Fsp3) is 0.400. The molecule has 8 heteroatoms. The Bertz CT molecular complexity index is 740. The first-order chi connectivity index (χ1) is 8.47. The fourth-order valence-corrected chi connectivity index (χ4v) is 2.48. The standard InChI is InChI=1S/C10H11N3O4S/c1-4-17-9(15)7-11-6-5(18-7)8(14)13(3)10(16)12(6)2/h4H2,1-3H3. The van der Waals surface area contributed by atoms with Crippen molar-refractivity contribution in [1.82, 2.24) is 14.1 Å². The molecule has 2 aromatic rings. The first-order valence-electron chi connectivity index (χ1n) is 5.21. The monoisotopic (exact) mass is 269 g/mol. The van der Waals surface area contributed by atoms with Gasteiger partial charge in [0.15, 0.2) is 5.65 Å². The van der Waals surface area contributed by atoms with E-state index in [9.17, 15) is 14.4 Å². The van der Waals surface area contributed by atoms with Gasteiger partial charge in [-0.25, -0.2) is 14.6 Å². The highest BCUT2D eigenvalue weighted by Crippen LogP contribution is 2.17. The van der Waals surface area contributed by atoms with Crippen LogP contribution in [0.25, 0.3) is 10.3 Å². The number of thiazole rings is 1. The predicted octanol–water partition coefficient (Wildman–Crippen LogP) is -0.130. The van der Waals surface area contributed by atoms with Crippen LogP contribution >= 0.6 is 11.3 Å². The second kappa shape index (κ2) is 4.37. The van der Waals surface area contributed by atoms with Gasteiger partial charge in [0.1, 0.15) is 4.70 Å². The van der Waals surface area contributed by atoms with E-state index in [1.807, 2.05) is 0 Å². The highest BCUT2D eigenvalue weighted by molar-refractivity contribution is 7.20. The number of hydrogen-bond donors (Lipinski definition) is 0. The minimum atomic E-state index is -0.590. The Balaban J connectivity index is 2.77. The van der Waals surface area contributed by atoms with Crippen molar-refractivity contribution >= 4 is 27.7 Å². The summed E-state index contributed by atoms with van der Waals surface area (Å²) in [5.74, 6) is -0.590. The molecule has 0 saturated carbocycles. The molecule has 0 radical (unpaired) electrons. The number of nitrogens with zero attached hydrogens (tertiary/aromatic N) is 3. The lowest BCUT2D eigenvalue weighted by Crippen LogP contribution is -2.36. The number of esters is 1. The molecule has 0 spiro atoms. The topological polar surface area (TPSA) is 83.2 Å². The SMILES string of the molecule is CCOC(=O)c1nc2c(s1)c(=O)n(C)c(=O)n2C. The van der Waals surface area contributed by atoms with Crippen molar-refractivity contribution in [3.8, 4) is 0 Å². The number of aromatic nitrogens is 3. The number of fused-ring (bicyclic) bond motifs is 1. The Morgan fingerprint density at radius 2 is 2.00 bits per heavy atom. The van der Waals surface area contributed by atoms with Gasteiger partial charge in [-0.15, -0.1) is 0 Å². The lowest BCUT2D eigenvalue weighted by molar-refractivity contribution is 0.0526. The Kier molecular flexibility index (Phi) is 3.04. The van der Waals surface area contributed by atoms with Crippen molar-refractivity contribution in [3.63, 3.8) is 0 Å². The summed E-state index contributed by atoms with van der Waals surface area (Å²) in [6.07, 6.45) is 0. The largest absolute Gasteiger partial charge is 0.461 e. The maximum absolute atomic E-state index is 11.9. The molecule has 0 aliphatic carbocycles. The molecule has 0 amide bonds. The molecule has 96 valence electrons. The molecule has 18 heavy (non-hydrogen) atoms. The zero-order chi connectivity index (χ0) is 13.4. The average Bonchev–Trinajstić information content (AvgIpc) is 2.79. The molecule has 0 aliphatic rings. The van der Waals surface area contributed by atoms with Gasteiger partial charge in [0, 0.05) is 14.1 Å². The lowest BCUT2D eigenvalue weighted by atomic mass is 10.5. The van der Waals surface area contributed by atoms with E-state index in [0.29, 0.717) is 0 Å². The predicted molar refractivity (Wildman–Crippen MR) is 66.1 cm³/mol. The van der Waals surface area contributed by atoms with E-state index in [1.165, 1.54) is 18.7 Å². The van der Waals surface area contributed by atoms with E-state index in [-0.39, 0.29) is 22.0 Å². The third-order valence-corrected chi connectivity index (χ3v) is 3.46. The summed E-state index contributed by atoms with van der Waals surface area (Å²) in [7, 11) is 2.88. The van der Waals surface area contributed by atoms with Crippen LogP contribution < -0.4 is 11.2 Å². The summed E-state index contributed by atoms with van der Waals surface area (Å²) >= 11 is 0.930. The van der Waals surface area contributed by atoms with Gasteiger partial charge in [-0.3, -0.25) is 13.9 Å². The van der Waals surface area contributed by atoms with E-state index in [4.69, 9.17) is 4.74 Å². The van der Waals surface area contributed by atoms with Gasteiger partial charge in [-0.2, -0.15) is 0 Å². The zero-order valence-electron chi connectivity index (χ0n) is 10.1. The van der Waals surface area contributed by atoms with Crippen LogP contribution in [0.3, 0.4) is 0 Å². The Morgan fingerprint density at radius 3 is 2.61 bits per heavy atom. The van der Waals surface area contributed by atoms with Crippen molar-refractivity contribution < 1.29 is 9.53 Å². The van der Waals surface area contributed by atoms with Gasteiger partial charge in [0.05, 0.1) is 6.61 Å². The summed E-state index contributed by atoms with van der Waals surface area (Å²) in [6, 6.07) is 0. The van der Waals surface area contributed by atoms with Crippen LogP contribution in [0.15, 0.2) is 9.59 Å². The van der Waals surface area contributed by atoms with Gasteiger partial charge in [0.2, 0.25) is 5.01 Å². The average molecular weight is 269 g/mol. The van der Waals surface area contributed by atoms with E-state index in [1.54, 1.807) is 6.92 Å². The van der Waals surface area contributed by atoms with Crippen LogP contribution in [0, 0.1) is 0 Å². The molecule has 0 aliphatic heterocycles. The molecule has 0 aromatic carbocycles. The van der Waals surface area contributed by atoms with Crippen molar-refractivity contribution in [2.45, 2.75) is 6.92 Å². The van der Waals surface area contributed by atoms with E-state index in [2.05, 4.69) is 4.98 Å². The number of ether oxygens (including phenoxy) is 1. The Labute approximate surface area is 105 Å². The molecule has 0 N–H and O–H groups in total. The summed E-state index contributed by atoms with van der Waals surface area (Å²) in [6.45, 7) is 1.91. The molecule has 0 atom stereocenters. The second-order valence-electron chi connectivity index (χ2n) is 3.60. The molecule has 0 unspecified atom stereocenters. The van der Waals surface area contributed by atoms with Crippen molar-refractivity contribution in [1.29, 1.82) is 0 Å². The first kappa shape index (κ1) is 12.5. The van der Waals surface area contributed by atoms with Gasteiger partial charge in [-0.1, -0.05) is 11.3 Å². The molecule has 0 fully saturated rings. The van der Waals surface area contributed by atoms with Gasteiger partial charge in [0.25, 0.3) is 5.56 Å². The van der Waals surface area contributed by atoms with E-state index >= 15 is 0 Å². The van der Waals surface area contributed by atoms with Gasteiger partial charge < -0.3 is 4.74 Å². The fourth-order valence-electron chi connectivity index (χ4n) is 1.51. The summed E-state index contributed by atoms with van der Waals surface area (Å²) in [5, 5.41) is 0.0742. The van der Waals surface area contributed by atoms with Gasteiger partial charge in [-0.05, 0) is 6.92 Å². The van der Waals surface area contributed by atoms with Crippen LogP contribution in [-0.2, 0) is 18.8 Å². The van der Waals surface area contributed by atoms with Crippen LogP contribution in [0.1, 0.15) is 16.7 Å². The third kappa shape index (κ3) is 1.74. The highest BCUT2D eigenvalue weighted by Gasteiger charge is 2.18. The maximum atomic E-state index is 11.9. The van der Waals surface area contributed by atoms with Crippen LogP contribution in [0.4, 0.5) is 0 Å². The number of aryl methyl sites for hydroxylation is 1. The molecule has 0 saturated heterocycles. The van der Waals surface area contributed by atoms with Crippen molar-refractivity contribution in [2.24, 2.45) is 14.1 Å². The number of hydrogen-bond acceptors (Lipinski definition) is 6. The Morgan fingerprint density at radius 1 is 1.33 bits per heavy atom. The second-order valence-corrected chi connectivity index (χ2v) is 4.60. The normalized spacial score (nSPS) is 10.8. The molecule has 2 heterocycles. The van der Waals surface area contributed by atoms with Gasteiger partial charge >= 0.3 is 11.7 Å². The number of carbonyl (C=O) groups excluding carboxylic acids is 1. The number of rotatable bonds is 2. The maximum Gasteiger partial charge on any atom is 0.367 e. The molecule has 2 aromatic heterocycles. The minimum Gasteiger partial charge on any atom is -0.461 e. The molecular weight excluding hydrogens is 258 g/mol. The summed E-state index contributed by atoms with van der Waals surface area (Å²) < 4.78 is 7.29. The first-order valence-corrected chi connectivity index (χ1v) is 6.02. The quantitative estimate of drug-likeness (QED) is 0.709. The lowest BCUT2D eigenvalue weighted by Gasteiger charge is -2.00. The van der Waals surface area contributed by atoms with E-state index in [0.717, 1.165) is 15.9 Å². The van der Waals surface area contributed by atoms with Crippen LogP contribution in [-0.4, -0.2) is 26.7 Å². The highest BCUT2D eigenvalue weighted by atomic mass is 32.1. The van der Waals surface area contributed by atoms with Crippen LogP contribution in [0.2, 0.25) is 0 Å². The summed E-state index contributed by atoms with van der Waals surface area (Å²) in [4.78, 5) is 39.1. The zero-order valence-corrected chi connectivity index (χ0v) is 10.9. The molecule has 0 bridgehead atoms. The minimum absolute atomic E-state index is 0.0742. The third-order valence-electron chi connectivity index (χ3n) is 2.45. The molecule has 7 nitrogen and oxygen atoms in total. The van der Waals surface area contributed by atoms with E-state index < -0.39 is 17.2 Å². The van der Waals surface area contributed by atoms with Crippen molar-refractivity contribution in [3.05, 3.63) is 25.8 Å². The summed E-state index contributed by atoms with van der Waals surface area (Å²) in [5.41, 5.74) is -0.731. The molecular formula is C10H11N3O4S. The van der Waals surface area contributed by atoms with Crippen LogP contribution in [0.5, 0.6) is 0 Å². The molecule has 2 rings (SSSR count). The Hall–Kier alpha value is -1.96. The number of carbonyl (C=O) groups is 1. The smallest absolute Gasteiger partial charge is 0.367 e. The van der Waals surface area contributed by atoms with Crippen molar-refractivity contribution in [2.75, 3.05) is 6.61 Å².